The zero-order chi connectivity index (χ0) is 10.7. The lowest BCUT2D eigenvalue weighted by molar-refractivity contribution is 0.0314. The van der Waals surface area contributed by atoms with Crippen molar-refractivity contribution in [2.24, 2.45) is 0 Å². The van der Waals surface area contributed by atoms with Gasteiger partial charge in [0, 0.05) is 13.2 Å². The van der Waals surface area contributed by atoms with Crippen molar-refractivity contribution in [1.29, 1.82) is 0 Å². The average molecular weight is 207 g/mol. The normalized spacial score (nSPS) is 25.5. The number of hydrogen-bond donors (Lipinski definition) is 1. The molecular weight excluding hydrogens is 190 g/mol. The Kier molecular flexibility index (Phi) is 2.86. The topological polar surface area (TPSA) is 47.0 Å². The largest absolute Gasteiger partial charge is 0.373 e. The first-order valence-corrected chi connectivity index (χ1v) is 5.35. The van der Waals surface area contributed by atoms with Gasteiger partial charge in [0.05, 0.1) is 11.8 Å². The Balaban J connectivity index is 1.92. The lowest BCUT2D eigenvalue weighted by Gasteiger charge is -2.23. The van der Waals surface area contributed by atoms with Crippen LogP contribution in [0.1, 0.15) is 25.3 Å². The summed E-state index contributed by atoms with van der Waals surface area (Å²) >= 11 is 0. The molecule has 4 heteroatoms. The monoisotopic (exact) mass is 207 g/mol. The lowest BCUT2D eigenvalue weighted by Crippen LogP contribution is -2.32. The molecule has 2 heterocycles. The number of nitrogens with one attached hydrogen (secondary N) is 1. The molecule has 4 nitrogen and oxygen atoms in total. The number of aryl methyl sites for hydroxylation is 1. The predicted molar refractivity (Wildman–Crippen MR) is 58.8 cm³/mol. The fourth-order valence-electron chi connectivity index (χ4n) is 1.80. The lowest BCUT2D eigenvalue weighted by atomic mass is 10.0. The summed E-state index contributed by atoms with van der Waals surface area (Å²) in [5, 5.41) is 11.2. The van der Waals surface area contributed by atoms with Gasteiger partial charge in [0.15, 0.2) is 0 Å². The van der Waals surface area contributed by atoms with E-state index >= 15 is 0 Å². The molecule has 15 heavy (non-hydrogen) atoms. The molecule has 1 aromatic rings. The van der Waals surface area contributed by atoms with Gasteiger partial charge in [-0.3, -0.25) is 0 Å². The van der Waals surface area contributed by atoms with Gasteiger partial charge in [-0.25, -0.2) is 0 Å². The quantitative estimate of drug-likeness (QED) is 0.820. The van der Waals surface area contributed by atoms with Crippen LogP contribution in [0.15, 0.2) is 12.3 Å². The molecule has 2 rings (SSSR count). The summed E-state index contributed by atoms with van der Waals surface area (Å²) in [5.41, 5.74) is 1.08. The van der Waals surface area contributed by atoms with Crippen LogP contribution in [-0.2, 0) is 4.74 Å². The molecular formula is C11H17N3O. The van der Waals surface area contributed by atoms with E-state index in [4.69, 9.17) is 4.74 Å². The summed E-state index contributed by atoms with van der Waals surface area (Å²) in [6.45, 7) is 5.81. The first-order valence-electron chi connectivity index (χ1n) is 5.35. The van der Waals surface area contributed by atoms with Gasteiger partial charge in [0.1, 0.15) is 5.82 Å². The van der Waals surface area contributed by atoms with Crippen LogP contribution in [0.3, 0.4) is 0 Å². The van der Waals surface area contributed by atoms with Crippen LogP contribution >= 0.6 is 0 Å². The van der Waals surface area contributed by atoms with Crippen molar-refractivity contribution in [1.82, 2.24) is 10.2 Å². The van der Waals surface area contributed by atoms with Crippen LogP contribution in [0.2, 0.25) is 0 Å². The van der Waals surface area contributed by atoms with Gasteiger partial charge in [-0.1, -0.05) is 0 Å². The Morgan fingerprint density at radius 3 is 3.13 bits per heavy atom. The van der Waals surface area contributed by atoms with E-state index in [1.807, 2.05) is 13.0 Å². The molecule has 0 radical (unpaired) electrons. The number of anilines is 1. The van der Waals surface area contributed by atoms with Crippen molar-refractivity contribution in [3.05, 3.63) is 17.8 Å². The van der Waals surface area contributed by atoms with Crippen molar-refractivity contribution < 1.29 is 4.74 Å². The minimum Gasteiger partial charge on any atom is -0.373 e. The van der Waals surface area contributed by atoms with Crippen molar-refractivity contribution >= 4 is 5.82 Å². The van der Waals surface area contributed by atoms with Gasteiger partial charge < -0.3 is 10.1 Å². The van der Waals surface area contributed by atoms with Crippen LogP contribution < -0.4 is 5.32 Å². The molecule has 0 saturated carbocycles. The Morgan fingerprint density at radius 1 is 1.60 bits per heavy atom. The van der Waals surface area contributed by atoms with Crippen molar-refractivity contribution in [3.63, 3.8) is 0 Å². The molecule has 82 valence electrons. The van der Waals surface area contributed by atoms with E-state index in [-0.39, 0.29) is 5.60 Å². The van der Waals surface area contributed by atoms with Crippen LogP contribution in [0.25, 0.3) is 0 Å². The van der Waals surface area contributed by atoms with E-state index < -0.39 is 0 Å². The second kappa shape index (κ2) is 4.14. The predicted octanol–water partition coefficient (Wildman–Crippen LogP) is 1.77. The third-order valence-corrected chi connectivity index (χ3v) is 2.74. The summed E-state index contributed by atoms with van der Waals surface area (Å²) < 4.78 is 5.68. The van der Waals surface area contributed by atoms with E-state index in [1.165, 1.54) is 0 Å². The van der Waals surface area contributed by atoms with E-state index in [0.717, 1.165) is 37.4 Å². The van der Waals surface area contributed by atoms with Crippen LogP contribution in [0, 0.1) is 6.92 Å². The highest BCUT2D eigenvalue weighted by molar-refractivity contribution is 5.35. The number of hydrogen-bond acceptors (Lipinski definition) is 4. The highest BCUT2D eigenvalue weighted by Crippen LogP contribution is 2.24. The highest BCUT2D eigenvalue weighted by Gasteiger charge is 2.29. The molecule has 1 N–H and O–H groups in total. The summed E-state index contributed by atoms with van der Waals surface area (Å²) in [6, 6.07) is 1.99. The molecule has 0 spiro atoms. The molecule has 1 aromatic heterocycles. The molecule has 1 aliphatic rings. The molecule has 1 atom stereocenters. The Bertz CT molecular complexity index is 334. The molecule has 1 fully saturated rings. The second-order valence-electron chi connectivity index (χ2n) is 4.37. The third-order valence-electron chi connectivity index (χ3n) is 2.74. The van der Waals surface area contributed by atoms with Crippen LogP contribution in [0.4, 0.5) is 5.82 Å². The maximum Gasteiger partial charge on any atom is 0.149 e. The van der Waals surface area contributed by atoms with E-state index in [0.29, 0.717) is 0 Å². The van der Waals surface area contributed by atoms with Gasteiger partial charge in [-0.05, 0) is 38.3 Å². The van der Waals surface area contributed by atoms with Crippen LogP contribution in [0.5, 0.6) is 0 Å². The van der Waals surface area contributed by atoms with Gasteiger partial charge in [0.2, 0.25) is 0 Å². The molecule has 0 bridgehead atoms. The van der Waals surface area contributed by atoms with Crippen molar-refractivity contribution in [3.8, 4) is 0 Å². The summed E-state index contributed by atoms with van der Waals surface area (Å²) in [7, 11) is 0. The Labute approximate surface area is 90.1 Å². The highest BCUT2D eigenvalue weighted by atomic mass is 16.5. The number of ether oxygens (including phenoxy) is 1. The van der Waals surface area contributed by atoms with E-state index in [1.54, 1.807) is 6.20 Å². The molecule has 1 aliphatic heterocycles. The number of aromatic nitrogens is 2. The van der Waals surface area contributed by atoms with E-state index in [9.17, 15) is 0 Å². The van der Waals surface area contributed by atoms with E-state index in [2.05, 4.69) is 22.4 Å². The smallest absolute Gasteiger partial charge is 0.149 e. The summed E-state index contributed by atoms with van der Waals surface area (Å²) in [4.78, 5) is 0. The van der Waals surface area contributed by atoms with Crippen LogP contribution in [-0.4, -0.2) is 29.0 Å². The minimum absolute atomic E-state index is 0.0363. The van der Waals surface area contributed by atoms with Gasteiger partial charge in [0.25, 0.3) is 0 Å². The second-order valence-corrected chi connectivity index (χ2v) is 4.37. The van der Waals surface area contributed by atoms with Gasteiger partial charge >= 0.3 is 0 Å². The third kappa shape index (κ3) is 2.65. The van der Waals surface area contributed by atoms with Crippen molar-refractivity contribution in [2.75, 3.05) is 18.5 Å². The zero-order valence-electron chi connectivity index (χ0n) is 9.29. The zero-order valence-corrected chi connectivity index (χ0v) is 9.29. The molecule has 0 amide bonds. The van der Waals surface area contributed by atoms with Gasteiger partial charge in [-0.15, -0.1) is 5.10 Å². The first-order chi connectivity index (χ1) is 7.18. The number of rotatable bonds is 3. The van der Waals surface area contributed by atoms with Crippen molar-refractivity contribution in [2.45, 2.75) is 32.3 Å². The molecule has 0 aliphatic carbocycles. The average Bonchev–Trinajstić information content (AvgIpc) is 2.63. The standard InChI is InChI=1S/C11H17N3O/c1-9-6-10(14-13-7-9)12-8-11(2)4-3-5-15-11/h6-7H,3-5,8H2,1-2H3,(H,12,14). The van der Waals surface area contributed by atoms with Gasteiger partial charge in [-0.2, -0.15) is 5.10 Å². The first kappa shape index (κ1) is 10.4. The minimum atomic E-state index is -0.0363. The molecule has 1 saturated heterocycles. The fourth-order valence-corrected chi connectivity index (χ4v) is 1.80. The maximum absolute atomic E-state index is 5.68. The molecule has 0 aromatic carbocycles. The maximum atomic E-state index is 5.68. The SMILES string of the molecule is Cc1cnnc(NCC2(C)CCCO2)c1. The summed E-state index contributed by atoms with van der Waals surface area (Å²) in [5.74, 6) is 0.826. The Hall–Kier alpha value is -1.16. The fraction of sp³-hybridized carbons (Fsp3) is 0.636. The molecule has 1 unspecified atom stereocenters. The number of nitrogens with zero attached hydrogens (tertiary/aromatic N) is 2. The Morgan fingerprint density at radius 2 is 2.47 bits per heavy atom. The summed E-state index contributed by atoms with van der Waals surface area (Å²) in [6.07, 6.45) is 4.01.